The van der Waals surface area contributed by atoms with Crippen molar-refractivity contribution in [2.75, 3.05) is 0 Å². The van der Waals surface area contributed by atoms with Crippen LogP contribution >= 0.6 is 0 Å². The van der Waals surface area contributed by atoms with E-state index in [-0.39, 0.29) is 5.90 Å². The number of aliphatic hydroxyl groups is 1. The van der Waals surface area contributed by atoms with Gasteiger partial charge in [-0.25, -0.2) is 10.1 Å². The number of rotatable bonds is 0. The SMILES string of the molecule is OC1=N[CH]N(O)C=C1. The molecule has 0 saturated carbocycles. The fraction of sp³-hybridized carbons (Fsp3) is 0. The predicted octanol–water partition coefficient (Wildman–Crippen LogP) is 0.281. The highest BCUT2D eigenvalue weighted by atomic mass is 16.5. The van der Waals surface area contributed by atoms with Gasteiger partial charge in [0.05, 0.1) is 0 Å². The third-order valence-electron chi connectivity index (χ3n) is 0.685. The van der Waals surface area contributed by atoms with E-state index in [9.17, 15) is 0 Å². The van der Waals surface area contributed by atoms with Crippen molar-refractivity contribution in [1.82, 2.24) is 5.06 Å². The lowest BCUT2D eigenvalue weighted by molar-refractivity contribution is -0.0116. The van der Waals surface area contributed by atoms with Gasteiger partial charge in [0.1, 0.15) is 0 Å². The maximum absolute atomic E-state index is 8.52. The van der Waals surface area contributed by atoms with Crippen LogP contribution in [0.1, 0.15) is 0 Å². The average Bonchev–Trinajstić information content (AvgIpc) is 1.77. The molecule has 0 bridgehead atoms. The van der Waals surface area contributed by atoms with Gasteiger partial charge >= 0.3 is 0 Å². The normalized spacial score (nSPS) is 18.6. The quantitative estimate of drug-likeness (QED) is 0.474. The van der Waals surface area contributed by atoms with Gasteiger partial charge < -0.3 is 5.11 Å². The van der Waals surface area contributed by atoms with Crippen LogP contribution in [0.4, 0.5) is 0 Å². The van der Waals surface area contributed by atoms with E-state index < -0.39 is 0 Å². The lowest BCUT2D eigenvalue weighted by Crippen LogP contribution is -2.12. The predicted molar refractivity (Wildman–Crippen MR) is 27.1 cm³/mol. The summed E-state index contributed by atoms with van der Waals surface area (Å²) in [4.78, 5) is 3.35. The number of hydrogen-bond acceptors (Lipinski definition) is 3. The molecule has 1 aliphatic rings. The summed E-state index contributed by atoms with van der Waals surface area (Å²) < 4.78 is 0. The second-order valence-corrected chi connectivity index (χ2v) is 1.30. The molecule has 0 unspecified atom stereocenters. The van der Waals surface area contributed by atoms with Crippen molar-refractivity contribution >= 4 is 5.90 Å². The number of nitrogens with zero attached hydrogens (tertiary/aromatic N) is 2. The summed E-state index contributed by atoms with van der Waals surface area (Å²) >= 11 is 0. The first-order valence-electron chi connectivity index (χ1n) is 2.04. The Balaban J connectivity index is 2.58. The third-order valence-corrected chi connectivity index (χ3v) is 0.685. The molecular formula is C4H5N2O2. The van der Waals surface area contributed by atoms with Crippen LogP contribution in [-0.4, -0.2) is 21.3 Å². The molecule has 4 heteroatoms. The van der Waals surface area contributed by atoms with Crippen molar-refractivity contribution in [1.29, 1.82) is 0 Å². The van der Waals surface area contributed by atoms with Crippen molar-refractivity contribution < 1.29 is 10.3 Å². The molecule has 43 valence electrons. The minimum Gasteiger partial charge on any atom is -0.493 e. The summed E-state index contributed by atoms with van der Waals surface area (Å²) in [5.41, 5.74) is 0. The zero-order chi connectivity index (χ0) is 5.98. The van der Waals surface area contributed by atoms with Gasteiger partial charge in [0, 0.05) is 12.3 Å². The van der Waals surface area contributed by atoms with Gasteiger partial charge in [-0.1, -0.05) is 0 Å². The highest BCUT2D eigenvalue weighted by Crippen LogP contribution is 1.97. The Morgan fingerprint density at radius 3 is 2.75 bits per heavy atom. The van der Waals surface area contributed by atoms with Gasteiger partial charge in [-0.2, -0.15) is 0 Å². The van der Waals surface area contributed by atoms with E-state index in [2.05, 4.69) is 4.99 Å². The molecule has 0 spiro atoms. The van der Waals surface area contributed by atoms with Crippen LogP contribution < -0.4 is 0 Å². The maximum atomic E-state index is 8.52. The molecule has 0 aromatic heterocycles. The van der Waals surface area contributed by atoms with Gasteiger partial charge in [0.25, 0.3) is 0 Å². The summed E-state index contributed by atoms with van der Waals surface area (Å²) in [6.07, 6.45) is 2.56. The molecule has 1 radical (unpaired) electrons. The zero-order valence-corrected chi connectivity index (χ0v) is 4.02. The molecule has 4 nitrogen and oxygen atoms in total. The molecule has 8 heavy (non-hydrogen) atoms. The van der Waals surface area contributed by atoms with Crippen LogP contribution in [0.25, 0.3) is 0 Å². The first kappa shape index (κ1) is 5.11. The standard InChI is InChI=1S/C4H5N2O2/c7-4-1-2-6(8)3-5-4/h1-3,8H,(H,5,7). The Labute approximate surface area is 46.3 Å². The Morgan fingerprint density at radius 1 is 1.62 bits per heavy atom. The van der Waals surface area contributed by atoms with Gasteiger partial charge in [-0.15, -0.1) is 0 Å². The van der Waals surface area contributed by atoms with Crippen LogP contribution in [0.2, 0.25) is 0 Å². The zero-order valence-electron chi connectivity index (χ0n) is 4.02. The van der Waals surface area contributed by atoms with Crippen molar-refractivity contribution in [3.8, 4) is 0 Å². The molecule has 2 N–H and O–H groups in total. The van der Waals surface area contributed by atoms with E-state index in [1.807, 2.05) is 0 Å². The highest BCUT2D eigenvalue weighted by Gasteiger charge is 1.98. The van der Waals surface area contributed by atoms with Crippen LogP contribution in [0.15, 0.2) is 17.3 Å². The first-order valence-corrected chi connectivity index (χ1v) is 2.04. The van der Waals surface area contributed by atoms with Crippen molar-refractivity contribution in [2.45, 2.75) is 0 Å². The highest BCUT2D eigenvalue weighted by molar-refractivity contribution is 5.86. The second-order valence-electron chi connectivity index (χ2n) is 1.30. The molecule has 0 amide bonds. The number of hydroxylamine groups is 2. The van der Waals surface area contributed by atoms with Crippen LogP contribution in [-0.2, 0) is 0 Å². The van der Waals surface area contributed by atoms with Crippen LogP contribution in [0, 0.1) is 6.67 Å². The Kier molecular flexibility index (Phi) is 1.17. The molecule has 1 rings (SSSR count). The Bertz CT molecular complexity index is 141. The van der Waals surface area contributed by atoms with Crippen molar-refractivity contribution in [3.05, 3.63) is 18.9 Å². The Hall–Kier alpha value is -1.03. The average molecular weight is 113 g/mol. The molecule has 0 aromatic carbocycles. The van der Waals surface area contributed by atoms with Gasteiger partial charge in [0.2, 0.25) is 5.90 Å². The minimum atomic E-state index is -0.102. The topological polar surface area (TPSA) is 56.1 Å². The third kappa shape index (κ3) is 0.974. The first-order chi connectivity index (χ1) is 3.79. The molecule has 0 saturated heterocycles. The summed E-state index contributed by atoms with van der Waals surface area (Å²) in [7, 11) is 0. The van der Waals surface area contributed by atoms with E-state index in [1.54, 1.807) is 0 Å². The van der Waals surface area contributed by atoms with E-state index in [0.29, 0.717) is 0 Å². The number of aliphatic imine (C=N–C) groups is 1. The van der Waals surface area contributed by atoms with E-state index in [1.165, 1.54) is 12.3 Å². The summed E-state index contributed by atoms with van der Waals surface area (Å²) in [6.45, 7) is 1.09. The van der Waals surface area contributed by atoms with Gasteiger partial charge in [-0.05, 0) is 0 Å². The van der Waals surface area contributed by atoms with Crippen molar-refractivity contribution in [2.24, 2.45) is 4.99 Å². The molecule has 0 aliphatic carbocycles. The smallest absolute Gasteiger partial charge is 0.209 e. The number of aliphatic hydroxyl groups excluding tert-OH is 1. The Morgan fingerprint density at radius 2 is 2.38 bits per heavy atom. The van der Waals surface area contributed by atoms with Crippen LogP contribution in [0.3, 0.4) is 0 Å². The van der Waals surface area contributed by atoms with Gasteiger partial charge in [0.15, 0.2) is 6.67 Å². The molecule has 0 atom stereocenters. The van der Waals surface area contributed by atoms with Crippen LogP contribution in [0.5, 0.6) is 0 Å². The second kappa shape index (κ2) is 1.83. The molecular weight excluding hydrogens is 108 g/mol. The number of hydrogen-bond donors (Lipinski definition) is 2. The van der Waals surface area contributed by atoms with Gasteiger partial charge in [-0.3, -0.25) is 5.21 Å². The molecule has 0 aromatic rings. The van der Waals surface area contributed by atoms with E-state index in [4.69, 9.17) is 10.3 Å². The monoisotopic (exact) mass is 113 g/mol. The molecule has 0 fully saturated rings. The lowest BCUT2D eigenvalue weighted by Gasteiger charge is -2.09. The van der Waals surface area contributed by atoms with Crippen molar-refractivity contribution in [3.63, 3.8) is 0 Å². The fourth-order valence-electron chi connectivity index (χ4n) is 0.343. The molecule has 1 heterocycles. The van der Waals surface area contributed by atoms with E-state index in [0.717, 1.165) is 11.7 Å². The largest absolute Gasteiger partial charge is 0.493 e. The fourth-order valence-corrected chi connectivity index (χ4v) is 0.343. The minimum absolute atomic E-state index is 0.102. The lowest BCUT2D eigenvalue weighted by atomic mass is 10.5. The maximum Gasteiger partial charge on any atom is 0.209 e. The molecule has 1 aliphatic heterocycles. The summed E-state index contributed by atoms with van der Waals surface area (Å²) in [5.74, 6) is -0.102. The summed E-state index contributed by atoms with van der Waals surface area (Å²) in [5, 5.41) is 17.8. The summed E-state index contributed by atoms with van der Waals surface area (Å²) in [6, 6.07) is 0. The van der Waals surface area contributed by atoms with E-state index >= 15 is 0 Å².